The van der Waals surface area contributed by atoms with Crippen LogP contribution in [0.25, 0.3) is 0 Å². The Bertz CT molecular complexity index is 436. The SMILES string of the molecule is CCNC(=NCc1cc(F)cc(Br)c1)N1CCCC1. The van der Waals surface area contributed by atoms with Gasteiger partial charge in [-0.1, -0.05) is 15.9 Å². The van der Waals surface area contributed by atoms with Gasteiger partial charge in [0.15, 0.2) is 5.96 Å². The van der Waals surface area contributed by atoms with E-state index in [0.29, 0.717) is 6.54 Å². The minimum absolute atomic E-state index is 0.231. The zero-order valence-corrected chi connectivity index (χ0v) is 12.7. The van der Waals surface area contributed by atoms with E-state index in [-0.39, 0.29) is 5.82 Å². The van der Waals surface area contributed by atoms with Crippen molar-refractivity contribution in [1.29, 1.82) is 0 Å². The van der Waals surface area contributed by atoms with Crippen LogP contribution in [0.1, 0.15) is 25.3 Å². The van der Waals surface area contributed by atoms with E-state index in [4.69, 9.17) is 0 Å². The van der Waals surface area contributed by atoms with Crippen molar-refractivity contribution in [3.8, 4) is 0 Å². The molecule has 1 aromatic carbocycles. The summed E-state index contributed by atoms with van der Waals surface area (Å²) < 4.78 is 14.1. The molecule has 2 rings (SSSR count). The molecule has 0 saturated carbocycles. The van der Waals surface area contributed by atoms with E-state index in [2.05, 4.69) is 38.1 Å². The van der Waals surface area contributed by atoms with E-state index in [0.717, 1.165) is 35.6 Å². The van der Waals surface area contributed by atoms with Crippen LogP contribution in [0.2, 0.25) is 0 Å². The fraction of sp³-hybridized carbons (Fsp3) is 0.500. The molecule has 0 amide bonds. The Morgan fingerprint density at radius 3 is 2.74 bits per heavy atom. The van der Waals surface area contributed by atoms with E-state index in [1.807, 2.05) is 6.07 Å². The number of halogens is 2. The lowest BCUT2D eigenvalue weighted by Crippen LogP contribution is -2.39. The molecule has 0 atom stereocenters. The van der Waals surface area contributed by atoms with Gasteiger partial charge in [0.05, 0.1) is 6.54 Å². The van der Waals surface area contributed by atoms with Crippen molar-refractivity contribution in [2.75, 3.05) is 19.6 Å². The quantitative estimate of drug-likeness (QED) is 0.682. The third kappa shape index (κ3) is 4.20. The maximum absolute atomic E-state index is 13.3. The molecule has 5 heteroatoms. The number of aliphatic imine (C=N–C) groups is 1. The number of guanidine groups is 1. The number of hydrogen-bond acceptors (Lipinski definition) is 1. The van der Waals surface area contributed by atoms with Crippen LogP contribution in [0.3, 0.4) is 0 Å². The van der Waals surface area contributed by atoms with Crippen LogP contribution < -0.4 is 5.32 Å². The number of nitrogens with zero attached hydrogens (tertiary/aromatic N) is 2. The average molecular weight is 328 g/mol. The smallest absolute Gasteiger partial charge is 0.194 e. The van der Waals surface area contributed by atoms with Crippen molar-refractivity contribution in [3.63, 3.8) is 0 Å². The van der Waals surface area contributed by atoms with E-state index in [1.165, 1.54) is 25.0 Å². The Balaban J connectivity index is 2.08. The van der Waals surface area contributed by atoms with Crippen LogP contribution >= 0.6 is 15.9 Å². The summed E-state index contributed by atoms with van der Waals surface area (Å²) in [6, 6.07) is 4.89. The predicted octanol–water partition coefficient (Wildman–Crippen LogP) is 3.15. The molecule has 1 saturated heterocycles. The van der Waals surface area contributed by atoms with Crippen LogP contribution in [-0.2, 0) is 6.54 Å². The van der Waals surface area contributed by atoms with Gasteiger partial charge in [0.25, 0.3) is 0 Å². The minimum atomic E-state index is -0.231. The van der Waals surface area contributed by atoms with Crippen LogP contribution in [-0.4, -0.2) is 30.5 Å². The second-order valence-corrected chi connectivity index (χ2v) is 5.56. The van der Waals surface area contributed by atoms with Gasteiger partial charge in [-0.25, -0.2) is 9.38 Å². The van der Waals surface area contributed by atoms with Gasteiger partial charge in [-0.2, -0.15) is 0 Å². The number of rotatable bonds is 3. The molecule has 104 valence electrons. The predicted molar refractivity (Wildman–Crippen MR) is 79.7 cm³/mol. The highest BCUT2D eigenvalue weighted by atomic mass is 79.9. The van der Waals surface area contributed by atoms with Crippen LogP contribution in [0.15, 0.2) is 27.7 Å². The van der Waals surface area contributed by atoms with Crippen molar-refractivity contribution in [2.24, 2.45) is 4.99 Å². The lowest BCUT2D eigenvalue weighted by atomic mass is 10.2. The van der Waals surface area contributed by atoms with E-state index < -0.39 is 0 Å². The lowest BCUT2D eigenvalue weighted by Gasteiger charge is -2.20. The molecule has 1 N–H and O–H groups in total. The molecule has 0 bridgehead atoms. The van der Waals surface area contributed by atoms with Crippen molar-refractivity contribution in [3.05, 3.63) is 34.1 Å². The lowest BCUT2D eigenvalue weighted by molar-refractivity contribution is 0.493. The molecule has 0 unspecified atom stereocenters. The maximum atomic E-state index is 13.3. The Morgan fingerprint density at radius 1 is 1.37 bits per heavy atom. The van der Waals surface area contributed by atoms with E-state index >= 15 is 0 Å². The molecule has 3 nitrogen and oxygen atoms in total. The highest BCUT2D eigenvalue weighted by molar-refractivity contribution is 9.10. The first kappa shape index (κ1) is 14.3. The summed E-state index contributed by atoms with van der Waals surface area (Å²) >= 11 is 3.30. The highest BCUT2D eigenvalue weighted by Crippen LogP contribution is 2.16. The van der Waals surface area contributed by atoms with Crippen LogP contribution in [0, 0.1) is 5.82 Å². The Kier molecular flexibility index (Phi) is 5.19. The third-order valence-corrected chi connectivity index (χ3v) is 3.53. The van der Waals surface area contributed by atoms with Gasteiger partial charge >= 0.3 is 0 Å². The number of benzene rings is 1. The standard InChI is InChI=1S/C14H19BrFN3/c1-2-17-14(19-5-3-4-6-19)18-10-11-7-12(15)9-13(16)8-11/h7-9H,2-6,10H2,1H3,(H,17,18). The summed E-state index contributed by atoms with van der Waals surface area (Å²) in [6.45, 7) is 5.51. The van der Waals surface area contributed by atoms with Gasteiger partial charge in [-0.15, -0.1) is 0 Å². The molecule has 0 radical (unpaired) electrons. The van der Waals surface area contributed by atoms with Gasteiger partial charge < -0.3 is 10.2 Å². The zero-order valence-electron chi connectivity index (χ0n) is 11.1. The van der Waals surface area contributed by atoms with Gasteiger partial charge in [-0.3, -0.25) is 0 Å². The fourth-order valence-corrected chi connectivity index (χ4v) is 2.74. The second-order valence-electron chi connectivity index (χ2n) is 4.64. The third-order valence-electron chi connectivity index (χ3n) is 3.07. The second kappa shape index (κ2) is 6.89. The van der Waals surface area contributed by atoms with Crippen LogP contribution in [0.4, 0.5) is 4.39 Å². The summed E-state index contributed by atoms with van der Waals surface area (Å²) in [5.74, 6) is 0.700. The van der Waals surface area contributed by atoms with Crippen molar-refractivity contribution >= 4 is 21.9 Å². The Labute approximate surface area is 122 Å². The Hall–Kier alpha value is -1.10. The van der Waals surface area contributed by atoms with Crippen molar-refractivity contribution in [1.82, 2.24) is 10.2 Å². The largest absolute Gasteiger partial charge is 0.357 e. The fourth-order valence-electron chi connectivity index (χ4n) is 2.22. The topological polar surface area (TPSA) is 27.6 Å². The normalized spacial score (nSPS) is 15.9. The number of likely N-dealkylation sites (tertiary alicyclic amines) is 1. The van der Waals surface area contributed by atoms with E-state index in [9.17, 15) is 4.39 Å². The van der Waals surface area contributed by atoms with Crippen molar-refractivity contribution in [2.45, 2.75) is 26.3 Å². The summed E-state index contributed by atoms with van der Waals surface area (Å²) in [5.41, 5.74) is 0.876. The summed E-state index contributed by atoms with van der Waals surface area (Å²) in [5, 5.41) is 3.29. The number of nitrogens with one attached hydrogen (secondary N) is 1. The van der Waals surface area contributed by atoms with Gasteiger partial charge in [0.1, 0.15) is 5.82 Å². The highest BCUT2D eigenvalue weighted by Gasteiger charge is 2.15. The Morgan fingerprint density at radius 2 is 2.11 bits per heavy atom. The average Bonchev–Trinajstić information content (AvgIpc) is 2.87. The first-order chi connectivity index (χ1) is 9.19. The van der Waals surface area contributed by atoms with Crippen LogP contribution in [0.5, 0.6) is 0 Å². The maximum Gasteiger partial charge on any atom is 0.194 e. The summed E-state index contributed by atoms with van der Waals surface area (Å²) in [7, 11) is 0. The molecule has 0 aliphatic carbocycles. The summed E-state index contributed by atoms with van der Waals surface area (Å²) in [4.78, 5) is 6.85. The zero-order chi connectivity index (χ0) is 13.7. The molecule has 0 spiro atoms. The monoisotopic (exact) mass is 327 g/mol. The minimum Gasteiger partial charge on any atom is -0.357 e. The van der Waals surface area contributed by atoms with Crippen molar-refractivity contribution < 1.29 is 4.39 Å². The molecule has 1 aromatic rings. The molecule has 1 aliphatic heterocycles. The molecular formula is C14H19BrFN3. The van der Waals surface area contributed by atoms with E-state index in [1.54, 1.807) is 0 Å². The summed E-state index contributed by atoms with van der Waals surface area (Å²) in [6.07, 6.45) is 2.44. The molecule has 19 heavy (non-hydrogen) atoms. The van der Waals surface area contributed by atoms with Gasteiger partial charge in [-0.05, 0) is 43.5 Å². The molecular weight excluding hydrogens is 309 g/mol. The molecule has 1 heterocycles. The first-order valence-corrected chi connectivity index (χ1v) is 7.46. The molecule has 0 aromatic heterocycles. The first-order valence-electron chi connectivity index (χ1n) is 6.67. The number of hydrogen-bond donors (Lipinski definition) is 1. The van der Waals surface area contributed by atoms with Gasteiger partial charge in [0.2, 0.25) is 0 Å². The molecule has 1 fully saturated rings. The molecule has 1 aliphatic rings. The van der Waals surface area contributed by atoms with Gasteiger partial charge in [0, 0.05) is 24.1 Å².